The number of amides is 1. The summed E-state index contributed by atoms with van der Waals surface area (Å²) in [6.07, 6.45) is 10.7. The van der Waals surface area contributed by atoms with Gasteiger partial charge in [0, 0.05) is 44.2 Å². The Morgan fingerprint density at radius 1 is 1.07 bits per heavy atom. The van der Waals surface area contributed by atoms with Gasteiger partial charge in [0.1, 0.15) is 0 Å². The molecule has 30 heavy (non-hydrogen) atoms. The van der Waals surface area contributed by atoms with Crippen LogP contribution in [0.5, 0.6) is 0 Å². The summed E-state index contributed by atoms with van der Waals surface area (Å²) in [5, 5.41) is 7.00. The number of guanidine groups is 1. The minimum atomic E-state index is 0. The first-order valence-electron chi connectivity index (χ1n) is 12.1. The van der Waals surface area contributed by atoms with Crippen molar-refractivity contribution >= 4 is 35.8 Å². The van der Waals surface area contributed by atoms with E-state index >= 15 is 0 Å². The van der Waals surface area contributed by atoms with Gasteiger partial charge in [0.15, 0.2) is 5.96 Å². The number of carbonyl (C=O) groups is 1. The molecule has 2 atom stereocenters. The fraction of sp³-hybridized carbons (Fsp3) is 0.913. The Bertz CT molecular complexity index is 550. The predicted molar refractivity (Wildman–Crippen MR) is 136 cm³/mol. The van der Waals surface area contributed by atoms with Gasteiger partial charge in [-0.1, -0.05) is 33.1 Å². The molecule has 0 aromatic rings. The minimum Gasteiger partial charge on any atom is -0.357 e. The third-order valence-corrected chi connectivity index (χ3v) is 6.86. The number of carbonyl (C=O) groups excluding carboxylic acids is 1. The van der Waals surface area contributed by atoms with Crippen molar-refractivity contribution in [3.63, 3.8) is 0 Å². The van der Waals surface area contributed by atoms with Gasteiger partial charge in [0.05, 0.1) is 6.54 Å². The molecule has 0 aromatic heterocycles. The highest BCUT2D eigenvalue weighted by atomic mass is 127. The number of hydrogen-bond acceptors (Lipinski definition) is 3. The van der Waals surface area contributed by atoms with E-state index in [4.69, 9.17) is 4.99 Å². The molecule has 0 bridgehead atoms. The van der Waals surface area contributed by atoms with E-state index in [9.17, 15) is 4.79 Å². The number of halogens is 1. The number of hydrogen-bond donors (Lipinski definition) is 2. The first-order valence-corrected chi connectivity index (χ1v) is 12.1. The maximum Gasteiger partial charge on any atom is 0.225 e. The summed E-state index contributed by atoms with van der Waals surface area (Å²) in [4.78, 5) is 21.9. The molecule has 3 fully saturated rings. The molecule has 6 nitrogen and oxygen atoms in total. The molecule has 1 aliphatic carbocycles. The summed E-state index contributed by atoms with van der Waals surface area (Å²) in [5.74, 6) is 2.16. The molecule has 2 unspecified atom stereocenters. The molecule has 7 heteroatoms. The predicted octanol–water partition coefficient (Wildman–Crippen LogP) is 3.46. The maximum atomic E-state index is 12.2. The molecule has 1 saturated carbocycles. The van der Waals surface area contributed by atoms with Crippen molar-refractivity contribution in [2.75, 3.05) is 39.3 Å². The Labute approximate surface area is 201 Å². The van der Waals surface area contributed by atoms with Gasteiger partial charge in [-0.3, -0.25) is 14.7 Å². The number of aliphatic imine (C=N–C) groups is 1. The van der Waals surface area contributed by atoms with Crippen molar-refractivity contribution in [2.45, 2.75) is 84.2 Å². The van der Waals surface area contributed by atoms with Crippen LogP contribution in [-0.4, -0.2) is 73.0 Å². The van der Waals surface area contributed by atoms with Gasteiger partial charge in [-0.15, -0.1) is 24.0 Å². The van der Waals surface area contributed by atoms with E-state index in [2.05, 4.69) is 22.5 Å². The summed E-state index contributed by atoms with van der Waals surface area (Å²) in [6.45, 7) is 12.0. The Morgan fingerprint density at radius 3 is 2.53 bits per heavy atom. The molecule has 3 rings (SSSR count). The molecule has 2 saturated heterocycles. The maximum absolute atomic E-state index is 12.2. The zero-order chi connectivity index (χ0) is 20.6. The van der Waals surface area contributed by atoms with E-state index in [0.29, 0.717) is 12.1 Å². The van der Waals surface area contributed by atoms with E-state index in [-0.39, 0.29) is 35.8 Å². The van der Waals surface area contributed by atoms with Crippen LogP contribution in [0.2, 0.25) is 0 Å². The van der Waals surface area contributed by atoms with Crippen molar-refractivity contribution in [1.82, 2.24) is 20.4 Å². The van der Waals surface area contributed by atoms with E-state index in [1.54, 1.807) is 0 Å². The third kappa shape index (κ3) is 7.53. The molecule has 0 aromatic carbocycles. The summed E-state index contributed by atoms with van der Waals surface area (Å²) in [7, 11) is 0. The highest BCUT2D eigenvalue weighted by molar-refractivity contribution is 14.0. The fourth-order valence-corrected chi connectivity index (χ4v) is 5.20. The standard InChI is InChI=1S/C23H43N5O.HI/c1-4-24-23(26-20-12-14-28(17-20)22(29)18(2)3)25-15-21-11-8-13-27(21)16-19-9-6-5-7-10-19;/h18-21H,4-17H2,1-3H3,(H2,24,25,26);1H. The minimum absolute atomic E-state index is 0. The molecule has 2 N–H and O–H groups in total. The zero-order valence-electron chi connectivity index (χ0n) is 19.4. The molecule has 0 radical (unpaired) electrons. The molecule has 1 amide bonds. The van der Waals surface area contributed by atoms with E-state index in [1.807, 2.05) is 18.7 Å². The average Bonchev–Trinajstić information content (AvgIpc) is 3.36. The quantitative estimate of drug-likeness (QED) is 0.299. The van der Waals surface area contributed by atoms with Crippen LogP contribution in [0.1, 0.15) is 72.1 Å². The molecular weight excluding hydrogens is 489 g/mol. The van der Waals surface area contributed by atoms with Crippen molar-refractivity contribution in [2.24, 2.45) is 16.8 Å². The van der Waals surface area contributed by atoms with Crippen LogP contribution in [0.25, 0.3) is 0 Å². The van der Waals surface area contributed by atoms with Crippen LogP contribution >= 0.6 is 24.0 Å². The van der Waals surface area contributed by atoms with E-state index in [0.717, 1.165) is 44.5 Å². The Hall–Kier alpha value is -0.570. The van der Waals surface area contributed by atoms with Gasteiger partial charge in [0.2, 0.25) is 5.91 Å². The summed E-state index contributed by atoms with van der Waals surface area (Å²) in [5.41, 5.74) is 0. The van der Waals surface area contributed by atoms with Gasteiger partial charge in [-0.25, -0.2) is 0 Å². The number of likely N-dealkylation sites (tertiary alicyclic amines) is 2. The Morgan fingerprint density at radius 2 is 1.83 bits per heavy atom. The van der Waals surface area contributed by atoms with Gasteiger partial charge >= 0.3 is 0 Å². The second-order valence-electron chi connectivity index (χ2n) is 9.58. The van der Waals surface area contributed by atoms with Crippen molar-refractivity contribution in [1.29, 1.82) is 0 Å². The lowest BCUT2D eigenvalue weighted by Crippen LogP contribution is -2.46. The lowest BCUT2D eigenvalue weighted by Gasteiger charge is -2.30. The van der Waals surface area contributed by atoms with Crippen LogP contribution in [0, 0.1) is 11.8 Å². The van der Waals surface area contributed by atoms with Crippen molar-refractivity contribution in [3.05, 3.63) is 0 Å². The highest BCUT2D eigenvalue weighted by Crippen LogP contribution is 2.27. The van der Waals surface area contributed by atoms with Crippen LogP contribution in [0.4, 0.5) is 0 Å². The highest BCUT2D eigenvalue weighted by Gasteiger charge is 2.29. The van der Waals surface area contributed by atoms with Crippen LogP contribution in [0.15, 0.2) is 4.99 Å². The number of nitrogens with zero attached hydrogens (tertiary/aromatic N) is 3. The SMILES string of the molecule is CCNC(=NCC1CCCN1CC1CCCCC1)NC1CCN(C(=O)C(C)C)C1.I. The van der Waals surface area contributed by atoms with Gasteiger partial charge in [0.25, 0.3) is 0 Å². The summed E-state index contributed by atoms with van der Waals surface area (Å²) >= 11 is 0. The lowest BCUT2D eigenvalue weighted by molar-refractivity contribution is -0.133. The number of nitrogens with one attached hydrogen (secondary N) is 2. The fourth-order valence-electron chi connectivity index (χ4n) is 5.20. The molecule has 3 aliphatic rings. The molecule has 0 spiro atoms. The molecular formula is C23H44IN5O. The zero-order valence-corrected chi connectivity index (χ0v) is 21.7. The van der Waals surface area contributed by atoms with Crippen molar-refractivity contribution in [3.8, 4) is 0 Å². The topological polar surface area (TPSA) is 60.0 Å². The average molecular weight is 534 g/mol. The van der Waals surface area contributed by atoms with Gasteiger partial charge in [-0.05, 0) is 51.5 Å². The molecule has 2 aliphatic heterocycles. The second kappa shape index (κ2) is 13.1. The van der Waals surface area contributed by atoms with Gasteiger partial charge < -0.3 is 15.5 Å². The Balaban J connectivity index is 0.00000320. The monoisotopic (exact) mass is 533 g/mol. The summed E-state index contributed by atoms with van der Waals surface area (Å²) in [6, 6.07) is 0.896. The third-order valence-electron chi connectivity index (χ3n) is 6.86. The molecule has 174 valence electrons. The molecule has 2 heterocycles. The Kier molecular flexibility index (Phi) is 11.2. The lowest BCUT2D eigenvalue weighted by atomic mass is 9.89. The van der Waals surface area contributed by atoms with Gasteiger partial charge in [-0.2, -0.15) is 0 Å². The normalized spacial score (nSPS) is 26.1. The second-order valence-corrected chi connectivity index (χ2v) is 9.58. The van der Waals surface area contributed by atoms with Crippen LogP contribution in [0.3, 0.4) is 0 Å². The first kappa shape index (κ1) is 25.7. The smallest absolute Gasteiger partial charge is 0.225 e. The van der Waals surface area contributed by atoms with Crippen molar-refractivity contribution < 1.29 is 4.79 Å². The summed E-state index contributed by atoms with van der Waals surface area (Å²) < 4.78 is 0. The van der Waals surface area contributed by atoms with Crippen LogP contribution in [-0.2, 0) is 4.79 Å². The first-order chi connectivity index (χ1) is 14.1. The number of rotatable bonds is 7. The largest absolute Gasteiger partial charge is 0.357 e. The van der Waals surface area contributed by atoms with E-state index in [1.165, 1.54) is 58.0 Å². The van der Waals surface area contributed by atoms with Crippen LogP contribution < -0.4 is 10.6 Å². The van der Waals surface area contributed by atoms with E-state index < -0.39 is 0 Å².